The maximum Gasteiger partial charge on any atom is 0.127 e. The Morgan fingerprint density at radius 1 is 1.24 bits per heavy atom. The van der Waals surface area contributed by atoms with Gasteiger partial charge in [-0.3, -0.25) is 0 Å². The van der Waals surface area contributed by atoms with Crippen LogP contribution in [0, 0.1) is 12.8 Å². The number of rotatable bonds is 5. The first kappa shape index (κ1) is 16.8. The number of aryl methyl sites for hydroxylation is 1. The van der Waals surface area contributed by atoms with Crippen LogP contribution in [0.15, 0.2) is 16.6 Å². The Kier molecular flexibility index (Phi) is 6.12. The molecule has 3 heteroatoms. The van der Waals surface area contributed by atoms with Gasteiger partial charge in [0.05, 0.1) is 6.10 Å². The van der Waals surface area contributed by atoms with E-state index in [-0.39, 0.29) is 0 Å². The molecule has 21 heavy (non-hydrogen) atoms. The number of hydrogen-bond donors (Lipinski definition) is 1. The molecule has 0 atom stereocenters. The first-order chi connectivity index (χ1) is 9.95. The van der Waals surface area contributed by atoms with Gasteiger partial charge in [0.15, 0.2) is 0 Å². The van der Waals surface area contributed by atoms with Crippen LogP contribution < -0.4 is 10.1 Å². The van der Waals surface area contributed by atoms with E-state index in [1.165, 1.54) is 36.8 Å². The van der Waals surface area contributed by atoms with Crippen LogP contribution in [-0.2, 0) is 6.54 Å². The van der Waals surface area contributed by atoms with E-state index < -0.39 is 0 Å². The molecule has 2 nitrogen and oxygen atoms in total. The second kappa shape index (κ2) is 7.64. The molecule has 1 saturated carbocycles. The normalized spacial score (nSPS) is 22.6. The molecule has 0 heterocycles. The summed E-state index contributed by atoms with van der Waals surface area (Å²) in [6, 6.07) is 4.82. The smallest absolute Gasteiger partial charge is 0.127 e. The van der Waals surface area contributed by atoms with E-state index in [9.17, 15) is 0 Å². The average molecular weight is 354 g/mol. The molecule has 1 N–H and O–H groups in total. The molecule has 118 valence electrons. The standard InChI is InChI=1S/C18H28BrNO/c1-12(2)20-11-15-10-16(19)9-14(4)18(15)21-17-7-5-13(3)6-8-17/h9-10,12-13,17,20H,5-8,11H2,1-4H3. The fourth-order valence-electron chi connectivity index (χ4n) is 2.93. The van der Waals surface area contributed by atoms with Crippen LogP contribution in [0.5, 0.6) is 5.75 Å². The van der Waals surface area contributed by atoms with Crippen molar-refractivity contribution in [1.29, 1.82) is 0 Å². The Hall–Kier alpha value is -0.540. The molecule has 0 aliphatic heterocycles. The van der Waals surface area contributed by atoms with Crippen molar-refractivity contribution in [3.05, 3.63) is 27.7 Å². The lowest BCUT2D eigenvalue weighted by atomic mass is 9.89. The van der Waals surface area contributed by atoms with Crippen LogP contribution in [0.4, 0.5) is 0 Å². The zero-order valence-corrected chi connectivity index (χ0v) is 15.3. The van der Waals surface area contributed by atoms with Gasteiger partial charge in [-0.2, -0.15) is 0 Å². The first-order valence-corrected chi connectivity index (χ1v) is 8.94. The minimum atomic E-state index is 0.388. The predicted octanol–water partition coefficient (Wildman–Crippen LogP) is 5.21. The van der Waals surface area contributed by atoms with E-state index in [0.717, 1.165) is 22.7 Å². The molecule has 1 aromatic rings. The molecular formula is C18H28BrNO. The number of halogens is 1. The van der Waals surface area contributed by atoms with Gasteiger partial charge in [-0.1, -0.05) is 36.7 Å². The van der Waals surface area contributed by atoms with Crippen molar-refractivity contribution in [3.8, 4) is 5.75 Å². The molecule has 0 bridgehead atoms. The highest BCUT2D eigenvalue weighted by molar-refractivity contribution is 9.10. The third-order valence-electron chi connectivity index (χ3n) is 4.26. The highest BCUT2D eigenvalue weighted by atomic mass is 79.9. The molecule has 0 amide bonds. The van der Waals surface area contributed by atoms with Crippen molar-refractivity contribution in [3.63, 3.8) is 0 Å². The van der Waals surface area contributed by atoms with Crippen molar-refractivity contribution in [1.82, 2.24) is 5.32 Å². The Morgan fingerprint density at radius 3 is 2.52 bits per heavy atom. The van der Waals surface area contributed by atoms with Crippen LogP contribution in [0.2, 0.25) is 0 Å². The van der Waals surface area contributed by atoms with Gasteiger partial charge in [0.25, 0.3) is 0 Å². The monoisotopic (exact) mass is 353 g/mol. The fourth-order valence-corrected chi connectivity index (χ4v) is 3.55. The van der Waals surface area contributed by atoms with E-state index in [1.54, 1.807) is 0 Å². The molecule has 1 aromatic carbocycles. The molecule has 1 aliphatic rings. The van der Waals surface area contributed by atoms with Crippen molar-refractivity contribution in [2.45, 2.75) is 72.1 Å². The molecule has 0 unspecified atom stereocenters. The summed E-state index contributed by atoms with van der Waals surface area (Å²) >= 11 is 3.60. The molecule has 0 radical (unpaired) electrons. The zero-order chi connectivity index (χ0) is 15.4. The van der Waals surface area contributed by atoms with E-state index in [2.05, 4.69) is 61.1 Å². The number of hydrogen-bond acceptors (Lipinski definition) is 2. The molecule has 0 saturated heterocycles. The second-order valence-electron chi connectivity index (χ2n) is 6.75. The lowest BCUT2D eigenvalue weighted by Crippen LogP contribution is -2.26. The van der Waals surface area contributed by atoms with Gasteiger partial charge in [0.1, 0.15) is 5.75 Å². The Morgan fingerprint density at radius 2 is 1.90 bits per heavy atom. The van der Waals surface area contributed by atoms with Crippen LogP contribution in [-0.4, -0.2) is 12.1 Å². The maximum atomic E-state index is 6.39. The second-order valence-corrected chi connectivity index (χ2v) is 7.66. The number of ether oxygens (including phenoxy) is 1. The minimum absolute atomic E-state index is 0.388. The van der Waals surface area contributed by atoms with Gasteiger partial charge in [-0.25, -0.2) is 0 Å². The summed E-state index contributed by atoms with van der Waals surface area (Å²) in [6.07, 6.45) is 5.35. The lowest BCUT2D eigenvalue weighted by Gasteiger charge is -2.28. The highest BCUT2D eigenvalue weighted by Crippen LogP contribution is 2.33. The average Bonchev–Trinajstić information content (AvgIpc) is 2.42. The molecular weight excluding hydrogens is 326 g/mol. The van der Waals surface area contributed by atoms with E-state index in [4.69, 9.17) is 4.74 Å². The maximum absolute atomic E-state index is 6.39. The number of benzene rings is 1. The molecule has 2 rings (SSSR count). The highest BCUT2D eigenvalue weighted by Gasteiger charge is 2.21. The zero-order valence-electron chi connectivity index (χ0n) is 13.7. The summed E-state index contributed by atoms with van der Waals surface area (Å²) in [5, 5.41) is 3.50. The first-order valence-electron chi connectivity index (χ1n) is 8.14. The largest absolute Gasteiger partial charge is 0.490 e. The Labute approximate surface area is 137 Å². The third-order valence-corrected chi connectivity index (χ3v) is 4.72. The summed E-state index contributed by atoms with van der Waals surface area (Å²) < 4.78 is 7.52. The van der Waals surface area contributed by atoms with Gasteiger partial charge < -0.3 is 10.1 Å². The quantitative estimate of drug-likeness (QED) is 0.783. The Balaban J connectivity index is 2.12. The van der Waals surface area contributed by atoms with E-state index in [0.29, 0.717) is 12.1 Å². The lowest BCUT2D eigenvalue weighted by molar-refractivity contribution is 0.133. The van der Waals surface area contributed by atoms with Crippen molar-refractivity contribution < 1.29 is 4.74 Å². The number of nitrogens with one attached hydrogen (secondary N) is 1. The fraction of sp³-hybridized carbons (Fsp3) is 0.667. The summed E-state index contributed by atoms with van der Waals surface area (Å²) in [7, 11) is 0. The molecule has 0 aromatic heterocycles. The molecule has 1 aliphatic carbocycles. The SMILES string of the molecule is Cc1cc(Br)cc(CNC(C)C)c1OC1CCC(C)CC1. The van der Waals surface area contributed by atoms with Crippen LogP contribution in [0.3, 0.4) is 0 Å². The van der Waals surface area contributed by atoms with Gasteiger partial charge in [0, 0.05) is 22.6 Å². The summed E-state index contributed by atoms with van der Waals surface area (Å²) in [5.41, 5.74) is 2.48. The summed E-state index contributed by atoms with van der Waals surface area (Å²) in [4.78, 5) is 0. The van der Waals surface area contributed by atoms with Crippen molar-refractivity contribution >= 4 is 15.9 Å². The van der Waals surface area contributed by atoms with Crippen LogP contribution in [0.25, 0.3) is 0 Å². The van der Waals surface area contributed by atoms with E-state index >= 15 is 0 Å². The van der Waals surface area contributed by atoms with Gasteiger partial charge in [0.2, 0.25) is 0 Å². The minimum Gasteiger partial charge on any atom is -0.490 e. The molecule has 0 spiro atoms. The van der Waals surface area contributed by atoms with Gasteiger partial charge in [-0.15, -0.1) is 0 Å². The third kappa shape index (κ3) is 5.00. The predicted molar refractivity (Wildman–Crippen MR) is 92.9 cm³/mol. The summed E-state index contributed by atoms with van der Waals surface area (Å²) in [5.74, 6) is 1.95. The van der Waals surface area contributed by atoms with Crippen LogP contribution >= 0.6 is 15.9 Å². The molecule has 1 fully saturated rings. The summed E-state index contributed by atoms with van der Waals surface area (Å²) in [6.45, 7) is 9.70. The van der Waals surface area contributed by atoms with Gasteiger partial charge >= 0.3 is 0 Å². The Bertz CT molecular complexity index is 465. The van der Waals surface area contributed by atoms with Crippen LogP contribution in [0.1, 0.15) is 57.6 Å². The van der Waals surface area contributed by atoms with E-state index in [1.807, 2.05) is 0 Å². The van der Waals surface area contributed by atoms with Gasteiger partial charge in [-0.05, 0) is 56.2 Å². The van der Waals surface area contributed by atoms with Crippen molar-refractivity contribution in [2.75, 3.05) is 0 Å². The topological polar surface area (TPSA) is 21.3 Å². The van der Waals surface area contributed by atoms with Crippen molar-refractivity contribution in [2.24, 2.45) is 5.92 Å².